The van der Waals surface area contributed by atoms with Crippen molar-refractivity contribution in [3.05, 3.63) is 11.1 Å². The van der Waals surface area contributed by atoms with E-state index in [0.29, 0.717) is 6.54 Å². The van der Waals surface area contributed by atoms with Crippen molar-refractivity contribution in [2.24, 2.45) is 0 Å². The monoisotopic (exact) mass is 232 g/mol. The highest BCUT2D eigenvalue weighted by molar-refractivity contribution is 6.25. The van der Waals surface area contributed by atoms with Crippen LogP contribution in [0.1, 0.15) is 6.92 Å². The number of aliphatic carboxylic acids is 1. The predicted octanol–water partition coefficient (Wildman–Crippen LogP) is 0.0140. The van der Waals surface area contributed by atoms with E-state index in [1.165, 1.54) is 5.54 Å². The molecule has 1 aliphatic heterocycles. The number of halogens is 1. The van der Waals surface area contributed by atoms with Crippen LogP contribution in [0.25, 0.3) is 0 Å². The Hall–Kier alpha value is -1.07. The van der Waals surface area contributed by atoms with Gasteiger partial charge in [-0.3, -0.25) is 14.5 Å². The normalized spacial score (nSPS) is 23.7. The van der Waals surface area contributed by atoms with Crippen molar-refractivity contribution in [3.8, 4) is 0 Å². The largest absolute Gasteiger partial charge is 0.480 e. The first kappa shape index (κ1) is 12.0. The van der Waals surface area contributed by atoms with E-state index < -0.39 is 12.0 Å². The van der Waals surface area contributed by atoms with Gasteiger partial charge in [-0.2, -0.15) is 0 Å². The van der Waals surface area contributed by atoms with Crippen LogP contribution in [0.15, 0.2) is 11.1 Å². The average Bonchev–Trinajstić information content (AvgIpc) is 2.17. The van der Waals surface area contributed by atoms with Gasteiger partial charge in [0.05, 0.1) is 6.54 Å². The third-order valence-corrected chi connectivity index (χ3v) is 2.58. The molecule has 0 aromatic rings. The van der Waals surface area contributed by atoms with Crippen LogP contribution >= 0.6 is 11.6 Å². The lowest BCUT2D eigenvalue weighted by Gasteiger charge is -2.32. The Labute approximate surface area is 92.7 Å². The summed E-state index contributed by atoms with van der Waals surface area (Å²) in [6, 6.07) is -0.672. The van der Waals surface area contributed by atoms with Crippen LogP contribution in [0.5, 0.6) is 0 Å². The molecule has 1 aliphatic rings. The molecule has 6 heteroatoms. The Morgan fingerprint density at radius 1 is 1.80 bits per heavy atom. The van der Waals surface area contributed by atoms with Gasteiger partial charge in [0.25, 0.3) is 0 Å². The van der Waals surface area contributed by atoms with Crippen LogP contribution in [-0.4, -0.2) is 47.6 Å². The average molecular weight is 233 g/mol. The van der Waals surface area contributed by atoms with Crippen LogP contribution in [0.3, 0.4) is 0 Å². The van der Waals surface area contributed by atoms with Crippen molar-refractivity contribution < 1.29 is 14.7 Å². The molecule has 0 spiro atoms. The summed E-state index contributed by atoms with van der Waals surface area (Å²) in [7, 11) is 0. The van der Waals surface area contributed by atoms with Crippen LogP contribution in [0.2, 0.25) is 0 Å². The van der Waals surface area contributed by atoms with E-state index in [4.69, 9.17) is 16.7 Å². The van der Waals surface area contributed by atoms with Gasteiger partial charge in [-0.05, 0) is 12.5 Å². The van der Waals surface area contributed by atoms with Gasteiger partial charge >= 0.3 is 5.97 Å². The van der Waals surface area contributed by atoms with E-state index in [2.05, 4.69) is 5.32 Å². The van der Waals surface area contributed by atoms with E-state index in [9.17, 15) is 9.59 Å². The van der Waals surface area contributed by atoms with Crippen LogP contribution < -0.4 is 5.32 Å². The number of amides is 1. The molecule has 1 fully saturated rings. The molecule has 1 unspecified atom stereocenters. The van der Waals surface area contributed by atoms with E-state index in [1.54, 1.807) is 11.8 Å². The van der Waals surface area contributed by atoms with Gasteiger partial charge in [0, 0.05) is 18.6 Å². The summed E-state index contributed by atoms with van der Waals surface area (Å²) < 4.78 is 0. The number of carbonyl (C=O) groups is 2. The first-order valence-electron chi connectivity index (χ1n) is 4.54. The van der Waals surface area contributed by atoms with Gasteiger partial charge in [0.15, 0.2) is 0 Å². The molecule has 1 saturated heterocycles. The van der Waals surface area contributed by atoms with E-state index in [1.807, 2.05) is 0 Å². The molecule has 0 aliphatic carbocycles. The maximum atomic E-state index is 11.1. The molecule has 2 N–H and O–H groups in total. The quantitative estimate of drug-likeness (QED) is 0.720. The van der Waals surface area contributed by atoms with Gasteiger partial charge in [-0.15, -0.1) is 0 Å². The second kappa shape index (κ2) is 5.14. The van der Waals surface area contributed by atoms with E-state index in [-0.39, 0.29) is 19.0 Å². The zero-order valence-electron chi connectivity index (χ0n) is 8.36. The van der Waals surface area contributed by atoms with Crippen molar-refractivity contribution >= 4 is 23.5 Å². The maximum Gasteiger partial charge on any atom is 0.322 e. The van der Waals surface area contributed by atoms with Gasteiger partial charge in [-0.25, -0.2) is 0 Å². The van der Waals surface area contributed by atoms with Gasteiger partial charge in [-0.1, -0.05) is 11.6 Å². The third kappa shape index (κ3) is 3.21. The lowest BCUT2D eigenvalue weighted by molar-refractivity contribution is -0.145. The SMILES string of the molecule is CC(=CCl)CN1CC(=O)NCC1C(=O)O. The predicted molar refractivity (Wildman–Crippen MR) is 55.6 cm³/mol. The number of hydrogen-bond acceptors (Lipinski definition) is 3. The first-order valence-corrected chi connectivity index (χ1v) is 4.97. The number of nitrogens with zero attached hydrogens (tertiary/aromatic N) is 1. The Morgan fingerprint density at radius 3 is 3.00 bits per heavy atom. The number of carbonyl (C=O) groups excluding carboxylic acids is 1. The van der Waals surface area contributed by atoms with Crippen molar-refractivity contribution in [2.45, 2.75) is 13.0 Å². The second-order valence-electron chi connectivity index (χ2n) is 3.52. The summed E-state index contributed by atoms with van der Waals surface area (Å²) in [5.41, 5.74) is 2.23. The maximum absolute atomic E-state index is 11.1. The molecule has 84 valence electrons. The first-order chi connectivity index (χ1) is 7.04. The minimum Gasteiger partial charge on any atom is -0.480 e. The number of nitrogens with one attached hydrogen (secondary N) is 1. The van der Waals surface area contributed by atoms with Crippen molar-refractivity contribution in [1.29, 1.82) is 0 Å². The highest BCUT2D eigenvalue weighted by Crippen LogP contribution is 2.08. The van der Waals surface area contributed by atoms with Crippen LogP contribution in [-0.2, 0) is 9.59 Å². The van der Waals surface area contributed by atoms with Gasteiger partial charge in [0.1, 0.15) is 6.04 Å². The van der Waals surface area contributed by atoms with Gasteiger partial charge < -0.3 is 10.4 Å². The number of carboxylic acid groups (broad SMARTS) is 1. The summed E-state index contributed by atoms with van der Waals surface area (Å²) in [6.07, 6.45) is 0. The molecule has 0 saturated carbocycles. The minimum atomic E-state index is -0.933. The molecule has 1 rings (SSSR count). The van der Waals surface area contributed by atoms with E-state index in [0.717, 1.165) is 5.57 Å². The highest BCUT2D eigenvalue weighted by atomic mass is 35.5. The summed E-state index contributed by atoms with van der Waals surface area (Å²) >= 11 is 5.50. The number of piperazine rings is 1. The molecule has 0 bridgehead atoms. The Balaban J connectivity index is 2.70. The van der Waals surface area contributed by atoms with Crippen molar-refractivity contribution in [2.75, 3.05) is 19.6 Å². The Kier molecular flexibility index (Phi) is 4.11. The molecule has 0 aromatic carbocycles. The zero-order valence-corrected chi connectivity index (χ0v) is 9.12. The highest BCUT2D eigenvalue weighted by Gasteiger charge is 2.31. The number of rotatable bonds is 3. The fourth-order valence-electron chi connectivity index (χ4n) is 1.45. The lowest BCUT2D eigenvalue weighted by atomic mass is 10.1. The summed E-state index contributed by atoms with van der Waals surface area (Å²) in [6.45, 7) is 2.43. The summed E-state index contributed by atoms with van der Waals surface area (Å²) in [4.78, 5) is 23.6. The number of carboxylic acids is 1. The van der Waals surface area contributed by atoms with Crippen LogP contribution in [0.4, 0.5) is 0 Å². The summed E-state index contributed by atoms with van der Waals surface area (Å²) in [5, 5.41) is 11.5. The fraction of sp³-hybridized carbons (Fsp3) is 0.556. The molecule has 1 atom stereocenters. The Bertz CT molecular complexity index is 304. The van der Waals surface area contributed by atoms with Crippen molar-refractivity contribution in [3.63, 3.8) is 0 Å². The third-order valence-electron chi connectivity index (χ3n) is 2.20. The minimum absolute atomic E-state index is 0.0963. The van der Waals surface area contributed by atoms with Crippen molar-refractivity contribution in [1.82, 2.24) is 10.2 Å². The smallest absolute Gasteiger partial charge is 0.322 e. The molecule has 15 heavy (non-hydrogen) atoms. The fourth-order valence-corrected chi connectivity index (χ4v) is 1.52. The molecule has 1 amide bonds. The standard InChI is InChI=1S/C9H13ClN2O3/c1-6(2-10)4-12-5-8(13)11-3-7(12)9(14)15/h2,7H,3-5H2,1H3,(H,11,13)(H,14,15). The summed E-state index contributed by atoms with van der Waals surface area (Å²) in [5.74, 6) is -1.09. The topological polar surface area (TPSA) is 69.6 Å². The lowest BCUT2D eigenvalue weighted by Crippen LogP contribution is -2.57. The number of hydrogen-bond donors (Lipinski definition) is 2. The molecular weight excluding hydrogens is 220 g/mol. The van der Waals surface area contributed by atoms with E-state index >= 15 is 0 Å². The Morgan fingerprint density at radius 2 is 2.47 bits per heavy atom. The van der Waals surface area contributed by atoms with Gasteiger partial charge in [0.2, 0.25) is 5.91 Å². The second-order valence-corrected chi connectivity index (χ2v) is 3.74. The van der Waals surface area contributed by atoms with Crippen LogP contribution in [0, 0.1) is 0 Å². The molecule has 5 nitrogen and oxygen atoms in total. The zero-order chi connectivity index (χ0) is 11.4. The molecule has 0 radical (unpaired) electrons. The molecular formula is C9H13ClN2O3. The molecule has 0 aromatic heterocycles. The molecule has 1 heterocycles.